The van der Waals surface area contributed by atoms with Crippen LogP contribution in [-0.4, -0.2) is 103 Å². The number of methoxy groups -OCH3 is 2. The number of benzene rings is 2. The van der Waals surface area contributed by atoms with Crippen LogP contribution in [0.4, 0.5) is 32.1 Å². The first-order valence-corrected chi connectivity index (χ1v) is 19.6. The number of anilines is 4. The second-order valence-corrected chi connectivity index (χ2v) is 14.2. The van der Waals surface area contributed by atoms with Gasteiger partial charge in [0.05, 0.1) is 32.3 Å². The zero-order valence-corrected chi connectivity index (χ0v) is 33.8. The van der Waals surface area contributed by atoms with Gasteiger partial charge in [-0.3, -0.25) is 4.79 Å². The Kier molecular flexibility index (Phi) is 13.7. The third-order valence-electron chi connectivity index (χ3n) is 10.2. The molecular formula is C42H44F2N12O6. The molecule has 2 fully saturated rings. The van der Waals surface area contributed by atoms with E-state index in [1.54, 1.807) is 74.9 Å². The maximum Gasteiger partial charge on any atom is 0.318 e. The highest BCUT2D eigenvalue weighted by Crippen LogP contribution is 2.27. The van der Waals surface area contributed by atoms with Gasteiger partial charge in [0.1, 0.15) is 59.8 Å². The van der Waals surface area contributed by atoms with E-state index in [4.69, 9.17) is 30.4 Å². The lowest BCUT2D eigenvalue weighted by molar-refractivity contribution is 0.103. The van der Waals surface area contributed by atoms with Gasteiger partial charge in [-0.15, -0.1) is 0 Å². The fourth-order valence-corrected chi connectivity index (χ4v) is 6.72. The molecule has 18 nitrogen and oxygen atoms in total. The molecule has 5 N–H and O–H groups in total. The van der Waals surface area contributed by atoms with Gasteiger partial charge in [0.15, 0.2) is 23.3 Å². The van der Waals surface area contributed by atoms with Gasteiger partial charge in [0.2, 0.25) is 5.78 Å². The molecule has 0 aliphatic carbocycles. The maximum absolute atomic E-state index is 13.2. The van der Waals surface area contributed by atoms with Crippen LogP contribution in [0.25, 0.3) is 0 Å². The fourth-order valence-electron chi connectivity index (χ4n) is 6.72. The van der Waals surface area contributed by atoms with E-state index in [-0.39, 0.29) is 41.6 Å². The number of aliphatic hydroxyl groups is 1. The summed E-state index contributed by atoms with van der Waals surface area (Å²) < 4.78 is 48.1. The Bertz CT molecular complexity index is 2440. The van der Waals surface area contributed by atoms with Gasteiger partial charge in [-0.1, -0.05) is 12.1 Å². The standard InChI is InChI=1S/C21H23FN6O3.C21H21FN6O3/c2*1-30-14-4-2-13(3-5-14)19(29)17-10-18(26-12-25-17)28-8-6-15(7-9-28)31-21-24-11-16(22)20(23)27-21/h2-5,10-12,15,19,29H,6-9H2,1H3,(H2,23,24,27);2-5,10-12,15H,6-9H2,1H3,(H2,23,24,27). The van der Waals surface area contributed by atoms with Crippen LogP contribution in [0, 0.1) is 11.6 Å². The highest BCUT2D eigenvalue weighted by atomic mass is 19.1. The molecule has 0 radical (unpaired) electrons. The summed E-state index contributed by atoms with van der Waals surface area (Å²) in [4.78, 5) is 49.2. The number of aliphatic hydroxyl groups excluding tert-OH is 1. The number of nitrogens with zero attached hydrogens (tertiary/aromatic N) is 10. The Hall–Kier alpha value is -7.35. The summed E-state index contributed by atoms with van der Waals surface area (Å²) in [6.07, 6.45) is 6.54. The lowest BCUT2D eigenvalue weighted by atomic mass is 10.1. The number of carbonyl (C=O) groups excluding carboxylic acids is 1. The summed E-state index contributed by atoms with van der Waals surface area (Å²) in [6, 6.07) is 17.7. The van der Waals surface area contributed by atoms with Gasteiger partial charge in [-0.05, 0) is 42.0 Å². The number of carbonyl (C=O) groups is 1. The van der Waals surface area contributed by atoms with Crippen LogP contribution in [-0.2, 0) is 0 Å². The number of ether oxygens (including phenoxy) is 4. The van der Waals surface area contributed by atoms with Crippen LogP contribution in [0.1, 0.15) is 59.1 Å². The van der Waals surface area contributed by atoms with Crippen molar-refractivity contribution in [1.82, 2.24) is 39.9 Å². The van der Waals surface area contributed by atoms with E-state index >= 15 is 0 Å². The van der Waals surface area contributed by atoms with E-state index in [9.17, 15) is 18.7 Å². The number of nitrogen functional groups attached to an aromatic ring is 2. The van der Waals surface area contributed by atoms with Crippen LogP contribution in [0.3, 0.4) is 0 Å². The van der Waals surface area contributed by atoms with Gasteiger partial charge in [0, 0.05) is 69.6 Å². The second-order valence-electron chi connectivity index (χ2n) is 14.2. The predicted octanol–water partition coefficient (Wildman–Crippen LogP) is 4.40. The zero-order valence-electron chi connectivity index (χ0n) is 33.8. The minimum Gasteiger partial charge on any atom is -0.497 e. The number of aromatic nitrogens is 8. The number of nitrogens with two attached hydrogens (primary N) is 2. The average Bonchev–Trinajstić information content (AvgIpc) is 3.32. The monoisotopic (exact) mass is 850 g/mol. The van der Waals surface area contributed by atoms with Gasteiger partial charge in [-0.2, -0.15) is 9.97 Å². The number of piperidine rings is 2. The van der Waals surface area contributed by atoms with Gasteiger partial charge in [-0.25, -0.2) is 38.7 Å². The van der Waals surface area contributed by atoms with Crippen molar-refractivity contribution in [3.8, 4) is 23.5 Å². The quantitative estimate of drug-likeness (QED) is 0.145. The third kappa shape index (κ3) is 10.7. The minimum atomic E-state index is -0.866. The summed E-state index contributed by atoms with van der Waals surface area (Å²) in [5.74, 6) is 0.812. The molecule has 322 valence electrons. The average molecular weight is 851 g/mol. The molecule has 1 atom stereocenters. The Morgan fingerprint density at radius 1 is 0.677 bits per heavy atom. The molecule has 1 unspecified atom stereocenters. The number of halogens is 2. The molecule has 2 saturated heterocycles. The summed E-state index contributed by atoms with van der Waals surface area (Å²) >= 11 is 0. The first-order valence-electron chi connectivity index (χ1n) is 19.6. The Balaban J connectivity index is 0.000000186. The third-order valence-corrected chi connectivity index (χ3v) is 10.2. The molecule has 62 heavy (non-hydrogen) atoms. The van der Waals surface area contributed by atoms with Crippen molar-refractivity contribution in [2.24, 2.45) is 0 Å². The van der Waals surface area contributed by atoms with Crippen LogP contribution in [0.15, 0.2) is 85.7 Å². The Labute approximate surface area is 355 Å². The first-order chi connectivity index (χ1) is 30.1. The van der Waals surface area contributed by atoms with Crippen LogP contribution >= 0.6 is 0 Å². The molecule has 0 spiro atoms. The highest BCUT2D eigenvalue weighted by Gasteiger charge is 2.25. The van der Waals surface area contributed by atoms with E-state index in [0.29, 0.717) is 80.4 Å². The van der Waals surface area contributed by atoms with E-state index in [1.165, 1.54) is 12.7 Å². The smallest absolute Gasteiger partial charge is 0.318 e. The van der Waals surface area contributed by atoms with Crippen molar-refractivity contribution < 1.29 is 37.6 Å². The molecular weight excluding hydrogens is 807 g/mol. The van der Waals surface area contributed by atoms with Crippen LogP contribution in [0.5, 0.6) is 23.5 Å². The van der Waals surface area contributed by atoms with E-state index in [1.807, 2.05) is 0 Å². The van der Waals surface area contributed by atoms with Crippen molar-refractivity contribution in [3.05, 3.63) is 120 Å². The summed E-state index contributed by atoms with van der Waals surface area (Å²) in [5.41, 5.74) is 13.0. The molecule has 0 bridgehead atoms. The van der Waals surface area contributed by atoms with E-state index in [0.717, 1.165) is 29.5 Å². The summed E-state index contributed by atoms with van der Waals surface area (Å²) in [6.45, 7) is 2.70. The number of rotatable bonds is 12. The maximum atomic E-state index is 13.2. The molecule has 0 saturated carbocycles. The van der Waals surface area contributed by atoms with Crippen molar-refractivity contribution in [1.29, 1.82) is 0 Å². The topological polar surface area (TPSA) is 236 Å². The molecule has 20 heteroatoms. The number of ketones is 1. The van der Waals surface area contributed by atoms with Crippen molar-refractivity contribution in [3.63, 3.8) is 0 Å². The van der Waals surface area contributed by atoms with E-state index in [2.05, 4.69) is 49.7 Å². The van der Waals surface area contributed by atoms with Crippen molar-refractivity contribution in [2.45, 2.75) is 44.0 Å². The molecule has 0 amide bonds. The second kappa shape index (κ2) is 19.8. The lowest BCUT2D eigenvalue weighted by Crippen LogP contribution is -2.39. The van der Waals surface area contributed by atoms with Crippen molar-refractivity contribution in [2.75, 3.05) is 61.7 Å². The molecule has 2 aliphatic heterocycles. The number of hydrogen-bond donors (Lipinski definition) is 3. The van der Waals surface area contributed by atoms with E-state index < -0.39 is 17.7 Å². The normalized spacial score (nSPS) is 14.9. The summed E-state index contributed by atoms with van der Waals surface area (Å²) in [7, 11) is 3.17. The fraction of sp³-hybridized carbons (Fsp3) is 0.310. The van der Waals surface area contributed by atoms with Crippen LogP contribution in [0.2, 0.25) is 0 Å². The zero-order chi connectivity index (χ0) is 43.6. The van der Waals surface area contributed by atoms with Gasteiger partial charge in [0.25, 0.3) is 0 Å². The molecule has 6 heterocycles. The lowest BCUT2D eigenvalue weighted by Gasteiger charge is -2.32. The minimum absolute atomic E-state index is 0.0618. The summed E-state index contributed by atoms with van der Waals surface area (Å²) in [5, 5.41) is 10.7. The van der Waals surface area contributed by atoms with Gasteiger partial charge >= 0.3 is 12.0 Å². The van der Waals surface area contributed by atoms with Gasteiger partial charge < -0.3 is 45.3 Å². The van der Waals surface area contributed by atoms with Crippen molar-refractivity contribution >= 4 is 29.1 Å². The molecule has 8 rings (SSSR count). The predicted molar refractivity (Wildman–Crippen MR) is 222 cm³/mol. The molecule has 2 aromatic carbocycles. The molecule has 6 aromatic rings. The Morgan fingerprint density at radius 2 is 1.15 bits per heavy atom. The molecule has 4 aromatic heterocycles. The first kappa shape index (κ1) is 42.8. The number of hydrogen-bond acceptors (Lipinski definition) is 18. The SMILES string of the molecule is COc1ccc(C(=O)c2cc(N3CCC(Oc4ncc(F)c(N)n4)CC3)ncn2)cc1.COc1ccc(C(O)c2cc(N3CCC(Oc4ncc(F)c(N)n4)CC3)ncn2)cc1. The largest absolute Gasteiger partial charge is 0.497 e. The van der Waals surface area contributed by atoms with Crippen LogP contribution < -0.4 is 40.2 Å². The molecule has 2 aliphatic rings. The Morgan fingerprint density at radius 3 is 1.63 bits per heavy atom. The highest BCUT2D eigenvalue weighted by molar-refractivity contribution is 6.08.